The molecule has 1 aromatic heterocycles. The molecule has 138 valence electrons. The largest absolute Gasteiger partial charge is 0.390 e. The van der Waals surface area contributed by atoms with Gasteiger partial charge in [-0.1, -0.05) is 55.2 Å². The smallest absolute Gasteiger partial charge is 0.106 e. The lowest BCUT2D eigenvalue weighted by Crippen LogP contribution is -2.47. The lowest BCUT2D eigenvalue weighted by atomic mass is 9.72. The number of nitrogens with one attached hydrogen (secondary N) is 1. The lowest BCUT2D eigenvalue weighted by molar-refractivity contribution is 0.0421. The molecule has 1 aromatic carbocycles. The number of aliphatic hydroxyl groups excluding tert-OH is 1. The van der Waals surface area contributed by atoms with Gasteiger partial charge in [-0.3, -0.25) is 0 Å². The van der Waals surface area contributed by atoms with E-state index in [-0.39, 0.29) is 11.5 Å². The van der Waals surface area contributed by atoms with Crippen LogP contribution in [0.15, 0.2) is 30.5 Å². The van der Waals surface area contributed by atoms with E-state index >= 15 is 0 Å². The standard InChI is InChI=1S/C21H28N4O/c26-20-19(25-14-16(23-24-25)13-15-5-1-2-6-15)17-7-3-4-8-18(17)21(20)9-11-22-12-10-21/h3-4,7-8,14-15,19-20,22,26H,1-2,5-6,9-13H2/t19-,20+/m1/s1. The average molecular weight is 352 g/mol. The Balaban J connectivity index is 1.48. The summed E-state index contributed by atoms with van der Waals surface area (Å²) in [6, 6.07) is 8.44. The van der Waals surface area contributed by atoms with Crippen LogP contribution in [0.4, 0.5) is 0 Å². The Morgan fingerprint density at radius 2 is 1.92 bits per heavy atom. The molecule has 1 aliphatic heterocycles. The van der Waals surface area contributed by atoms with Crippen LogP contribution >= 0.6 is 0 Å². The third-order valence-corrected chi connectivity index (χ3v) is 6.99. The van der Waals surface area contributed by atoms with E-state index in [1.54, 1.807) is 0 Å². The Hall–Kier alpha value is -1.72. The lowest BCUT2D eigenvalue weighted by Gasteiger charge is -2.38. The Morgan fingerprint density at radius 3 is 2.73 bits per heavy atom. The number of aliphatic hydroxyl groups is 1. The zero-order valence-corrected chi connectivity index (χ0v) is 15.3. The second-order valence-corrected chi connectivity index (χ2v) is 8.43. The monoisotopic (exact) mass is 352 g/mol. The van der Waals surface area contributed by atoms with E-state index in [0.29, 0.717) is 0 Å². The molecule has 1 spiro atoms. The van der Waals surface area contributed by atoms with Crippen molar-refractivity contribution in [1.82, 2.24) is 20.3 Å². The predicted molar refractivity (Wildman–Crippen MR) is 100 cm³/mol. The third kappa shape index (κ3) is 2.52. The first-order valence-electron chi connectivity index (χ1n) is 10.2. The van der Waals surface area contributed by atoms with Crippen LogP contribution < -0.4 is 5.32 Å². The van der Waals surface area contributed by atoms with Crippen molar-refractivity contribution in [3.8, 4) is 0 Å². The number of hydrogen-bond donors (Lipinski definition) is 2. The van der Waals surface area contributed by atoms with Gasteiger partial charge in [-0.25, -0.2) is 4.68 Å². The Morgan fingerprint density at radius 1 is 1.15 bits per heavy atom. The Kier molecular flexibility index (Phi) is 4.09. The molecule has 5 rings (SSSR count). The van der Waals surface area contributed by atoms with Gasteiger partial charge in [0.15, 0.2) is 0 Å². The van der Waals surface area contributed by atoms with Gasteiger partial charge in [-0.05, 0) is 49.4 Å². The van der Waals surface area contributed by atoms with Crippen molar-refractivity contribution in [1.29, 1.82) is 0 Å². The Bertz CT molecular complexity index is 774. The highest BCUT2D eigenvalue weighted by Gasteiger charge is 2.52. The normalized spacial score (nSPS) is 27.9. The second kappa shape index (κ2) is 6.46. The van der Waals surface area contributed by atoms with Gasteiger partial charge in [0.05, 0.1) is 11.8 Å². The fourth-order valence-electron chi connectivity index (χ4n) is 5.62. The maximum absolute atomic E-state index is 11.4. The molecule has 3 aliphatic rings. The molecule has 2 fully saturated rings. The maximum Gasteiger partial charge on any atom is 0.106 e. The third-order valence-electron chi connectivity index (χ3n) is 6.99. The summed E-state index contributed by atoms with van der Waals surface area (Å²) in [5.41, 5.74) is 3.46. The molecule has 2 aliphatic carbocycles. The number of fused-ring (bicyclic) bond motifs is 2. The molecule has 2 aromatic rings. The van der Waals surface area contributed by atoms with Gasteiger partial charge < -0.3 is 10.4 Å². The van der Waals surface area contributed by atoms with E-state index in [1.165, 1.54) is 36.8 Å². The molecular weight excluding hydrogens is 324 g/mol. The van der Waals surface area contributed by atoms with Gasteiger partial charge in [0.25, 0.3) is 0 Å². The number of hydrogen-bond acceptors (Lipinski definition) is 4. The molecule has 1 saturated heterocycles. The van der Waals surface area contributed by atoms with Crippen LogP contribution in [-0.2, 0) is 11.8 Å². The molecule has 5 heteroatoms. The number of benzene rings is 1. The van der Waals surface area contributed by atoms with E-state index in [1.807, 2.05) is 4.68 Å². The zero-order valence-electron chi connectivity index (χ0n) is 15.3. The van der Waals surface area contributed by atoms with Crippen LogP contribution in [0.1, 0.15) is 61.4 Å². The highest BCUT2D eigenvalue weighted by molar-refractivity contribution is 5.45. The topological polar surface area (TPSA) is 63.0 Å². The van der Waals surface area contributed by atoms with Crippen LogP contribution in [0.25, 0.3) is 0 Å². The maximum atomic E-state index is 11.4. The molecule has 0 amide bonds. The summed E-state index contributed by atoms with van der Waals surface area (Å²) in [7, 11) is 0. The van der Waals surface area contributed by atoms with Crippen LogP contribution in [-0.4, -0.2) is 39.3 Å². The molecular formula is C21H28N4O. The minimum absolute atomic E-state index is 0.117. The van der Waals surface area contributed by atoms with Crippen molar-refractivity contribution in [2.45, 2.75) is 62.5 Å². The van der Waals surface area contributed by atoms with E-state index in [0.717, 1.165) is 44.0 Å². The fourth-order valence-corrected chi connectivity index (χ4v) is 5.62. The van der Waals surface area contributed by atoms with Crippen molar-refractivity contribution in [3.05, 3.63) is 47.3 Å². The number of rotatable bonds is 3. The van der Waals surface area contributed by atoms with Crippen LogP contribution in [0.3, 0.4) is 0 Å². The van der Waals surface area contributed by atoms with Gasteiger partial charge in [0.2, 0.25) is 0 Å². The van der Waals surface area contributed by atoms with E-state index in [4.69, 9.17) is 0 Å². The summed E-state index contributed by atoms with van der Waals surface area (Å²) in [5, 5.41) is 23.8. The van der Waals surface area contributed by atoms with Crippen molar-refractivity contribution >= 4 is 0 Å². The van der Waals surface area contributed by atoms with Crippen molar-refractivity contribution in [2.24, 2.45) is 5.92 Å². The highest BCUT2D eigenvalue weighted by Crippen LogP contribution is 2.51. The number of aromatic nitrogens is 3. The number of nitrogens with zero attached hydrogens (tertiary/aromatic N) is 3. The van der Waals surface area contributed by atoms with E-state index in [9.17, 15) is 5.11 Å². The molecule has 1 saturated carbocycles. The minimum Gasteiger partial charge on any atom is -0.390 e. The Labute approximate surface area is 154 Å². The molecule has 0 radical (unpaired) electrons. The first kappa shape index (κ1) is 16.5. The van der Waals surface area contributed by atoms with Gasteiger partial charge in [0, 0.05) is 11.6 Å². The fraction of sp³-hybridized carbons (Fsp3) is 0.619. The minimum atomic E-state index is -0.442. The summed E-state index contributed by atoms with van der Waals surface area (Å²) in [6.45, 7) is 1.92. The molecule has 0 unspecified atom stereocenters. The van der Waals surface area contributed by atoms with Crippen LogP contribution in [0.2, 0.25) is 0 Å². The van der Waals surface area contributed by atoms with Gasteiger partial charge in [-0.2, -0.15) is 0 Å². The second-order valence-electron chi connectivity index (χ2n) is 8.43. The SMILES string of the molecule is O[C@H]1[C@H](n2cc(CC3CCCC3)nn2)c2ccccc2C12CCNCC2. The van der Waals surface area contributed by atoms with Crippen molar-refractivity contribution in [2.75, 3.05) is 13.1 Å². The van der Waals surface area contributed by atoms with Crippen molar-refractivity contribution in [3.63, 3.8) is 0 Å². The summed E-state index contributed by atoms with van der Waals surface area (Å²) in [5.74, 6) is 0.761. The van der Waals surface area contributed by atoms with Crippen LogP contribution in [0.5, 0.6) is 0 Å². The summed E-state index contributed by atoms with van der Waals surface area (Å²) in [4.78, 5) is 0. The van der Waals surface area contributed by atoms with Gasteiger partial charge in [-0.15, -0.1) is 5.10 Å². The van der Waals surface area contributed by atoms with E-state index in [2.05, 4.69) is 46.1 Å². The molecule has 0 bridgehead atoms. The van der Waals surface area contributed by atoms with Crippen molar-refractivity contribution < 1.29 is 5.11 Å². The summed E-state index contributed by atoms with van der Waals surface area (Å²) < 4.78 is 1.94. The number of piperidine rings is 1. The quantitative estimate of drug-likeness (QED) is 0.891. The van der Waals surface area contributed by atoms with Gasteiger partial charge in [0.1, 0.15) is 6.04 Å². The highest BCUT2D eigenvalue weighted by atomic mass is 16.3. The summed E-state index contributed by atoms with van der Waals surface area (Å²) in [6.07, 6.45) is 9.96. The van der Waals surface area contributed by atoms with Gasteiger partial charge >= 0.3 is 0 Å². The first-order valence-corrected chi connectivity index (χ1v) is 10.2. The van der Waals surface area contributed by atoms with E-state index < -0.39 is 6.10 Å². The zero-order chi connectivity index (χ0) is 17.6. The first-order chi connectivity index (χ1) is 12.8. The molecule has 26 heavy (non-hydrogen) atoms. The van der Waals surface area contributed by atoms with Crippen LogP contribution in [0, 0.1) is 5.92 Å². The molecule has 2 N–H and O–H groups in total. The molecule has 2 heterocycles. The molecule has 2 atom stereocenters. The predicted octanol–water partition coefficient (Wildman–Crippen LogP) is 2.60. The summed E-state index contributed by atoms with van der Waals surface area (Å²) >= 11 is 0. The molecule has 5 nitrogen and oxygen atoms in total. The average Bonchev–Trinajstić information content (AvgIpc) is 3.39.